The van der Waals surface area contributed by atoms with Crippen LogP contribution >= 0.6 is 35.3 Å². The van der Waals surface area contributed by atoms with Crippen LogP contribution in [0.4, 0.5) is 0 Å². The van der Waals surface area contributed by atoms with Gasteiger partial charge in [0, 0.05) is 24.4 Å². The summed E-state index contributed by atoms with van der Waals surface area (Å²) >= 11 is 8.04. The molecule has 1 unspecified atom stereocenters. The Morgan fingerprint density at radius 1 is 1.38 bits per heavy atom. The molecule has 1 aromatic heterocycles. The van der Waals surface area contributed by atoms with E-state index in [1.807, 2.05) is 17.5 Å². The predicted molar refractivity (Wildman–Crippen MR) is 106 cm³/mol. The van der Waals surface area contributed by atoms with E-state index in [1.165, 1.54) is 32.9 Å². The Kier molecular flexibility index (Phi) is 6.10. The lowest BCUT2D eigenvalue weighted by Gasteiger charge is -2.33. The number of thioether (sulfide) groups is 1. The molecule has 0 saturated carbocycles. The first-order chi connectivity index (χ1) is 12.5. The van der Waals surface area contributed by atoms with Gasteiger partial charge in [-0.3, -0.25) is 14.5 Å². The highest BCUT2D eigenvalue weighted by Gasteiger charge is 2.35. The Balaban J connectivity index is 1.62. The number of carbonyl (C=O) groups excluding carboxylic acids is 2. The molecule has 2 saturated heterocycles. The maximum atomic E-state index is 12.5. The quantitative estimate of drug-likeness (QED) is 0.594. The number of hydrogen-bond donors (Lipinski definition) is 1. The summed E-state index contributed by atoms with van der Waals surface area (Å²) in [5.41, 5.74) is 0. The summed E-state index contributed by atoms with van der Waals surface area (Å²) < 4.78 is 0.430. The second-order valence-corrected chi connectivity index (χ2v) is 8.69. The van der Waals surface area contributed by atoms with E-state index in [4.69, 9.17) is 12.2 Å². The van der Waals surface area contributed by atoms with Gasteiger partial charge < -0.3 is 10.0 Å². The van der Waals surface area contributed by atoms with Crippen LogP contribution in [0.1, 0.15) is 30.6 Å². The number of likely N-dealkylation sites (tertiary alicyclic amines) is 1. The summed E-state index contributed by atoms with van der Waals surface area (Å²) in [6, 6.07) is 3.07. The average Bonchev–Trinajstić information content (AvgIpc) is 3.22. The first-order valence-corrected chi connectivity index (χ1v) is 10.4. The van der Waals surface area contributed by atoms with Crippen molar-refractivity contribution in [2.75, 3.05) is 13.1 Å². The van der Waals surface area contributed by atoms with Gasteiger partial charge in [0.05, 0.1) is 4.91 Å². The summed E-state index contributed by atoms with van der Waals surface area (Å²) in [5, 5.41) is 11.2. The van der Waals surface area contributed by atoms with E-state index >= 15 is 0 Å². The second-order valence-electron chi connectivity index (χ2n) is 6.04. The molecule has 2 amide bonds. The van der Waals surface area contributed by atoms with Gasteiger partial charge in [0.1, 0.15) is 10.4 Å². The van der Waals surface area contributed by atoms with Crippen molar-refractivity contribution < 1.29 is 19.5 Å². The van der Waals surface area contributed by atoms with Gasteiger partial charge in [0.2, 0.25) is 5.91 Å². The topological polar surface area (TPSA) is 77.9 Å². The van der Waals surface area contributed by atoms with Crippen molar-refractivity contribution in [1.82, 2.24) is 9.80 Å². The fourth-order valence-electron chi connectivity index (χ4n) is 3.03. The number of carboxylic acid groups (broad SMARTS) is 1. The van der Waals surface area contributed by atoms with Crippen LogP contribution in [-0.4, -0.2) is 56.1 Å². The van der Waals surface area contributed by atoms with E-state index < -0.39 is 12.0 Å². The van der Waals surface area contributed by atoms with Crippen molar-refractivity contribution in [1.29, 1.82) is 0 Å². The maximum absolute atomic E-state index is 12.5. The maximum Gasteiger partial charge on any atom is 0.326 e. The van der Waals surface area contributed by atoms with Crippen LogP contribution in [0.25, 0.3) is 6.08 Å². The van der Waals surface area contributed by atoms with Crippen LogP contribution in [0, 0.1) is 0 Å². The van der Waals surface area contributed by atoms with Crippen LogP contribution in [0.3, 0.4) is 0 Å². The summed E-state index contributed by atoms with van der Waals surface area (Å²) in [5.74, 6) is -1.41. The third-order valence-electron chi connectivity index (χ3n) is 4.35. The molecular weight excluding hydrogens is 392 g/mol. The molecule has 1 N–H and O–H groups in total. The van der Waals surface area contributed by atoms with Gasteiger partial charge in [-0.25, -0.2) is 4.79 Å². The van der Waals surface area contributed by atoms with E-state index in [1.54, 1.807) is 6.08 Å². The minimum atomic E-state index is -0.970. The molecule has 3 heterocycles. The molecule has 0 radical (unpaired) electrons. The number of piperidine rings is 1. The molecule has 1 aromatic rings. The lowest BCUT2D eigenvalue weighted by atomic mass is 10.0. The van der Waals surface area contributed by atoms with Gasteiger partial charge >= 0.3 is 5.97 Å². The molecule has 138 valence electrons. The van der Waals surface area contributed by atoms with E-state index in [2.05, 4.69) is 0 Å². The van der Waals surface area contributed by atoms with E-state index in [0.29, 0.717) is 22.2 Å². The SMILES string of the molecule is O=C(O)C1CCCCN1C(=O)CCN1C(=O)C(=Cc2cccs2)SC1=S. The lowest BCUT2D eigenvalue weighted by molar-refractivity contribution is -0.152. The van der Waals surface area contributed by atoms with Crippen LogP contribution in [0.5, 0.6) is 0 Å². The highest BCUT2D eigenvalue weighted by atomic mass is 32.2. The molecule has 9 heteroatoms. The summed E-state index contributed by atoms with van der Waals surface area (Å²) in [7, 11) is 0. The van der Waals surface area contributed by atoms with Crippen molar-refractivity contribution in [2.45, 2.75) is 31.7 Å². The number of carbonyl (C=O) groups is 3. The molecule has 26 heavy (non-hydrogen) atoms. The largest absolute Gasteiger partial charge is 0.480 e. The van der Waals surface area contributed by atoms with Crippen molar-refractivity contribution in [3.8, 4) is 0 Å². The number of carboxylic acids is 1. The second kappa shape index (κ2) is 8.32. The number of thiophene rings is 1. The number of hydrogen-bond acceptors (Lipinski definition) is 6. The van der Waals surface area contributed by atoms with Gasteiger partial charge in [-0.15, -0.1) is 11.3 Å². The number of thiocarbonyl (C=S) groups is 1. The van der Waals surface area contributed by atoms with Crippen molar-refractivity contribution >= 4 is 63.5 Å². The summed E-state index contributed by atoms with van der Waals surface area (Å²) in [6.45, 7) is 0.626. The molecule has 2 aliphatic heterocycles. The predicted octanol–water partition coefficient (Wildman–Crippen LogP) is 2.81. The lowest BCUT2D eigenvalue weighted by Crippen LogP contribution is -2.48. The average molecular weight is 411 g/mol. The third-order valence-corrected chi connectivity index (χ3v) is 6.54. The van der Waals surface area contributed by atoms with Gasteiger partial charge in [-0.1, -0.05) is 30.0 Å². The first kappa shape index (κ1) is 19.1. The summed E-state index contributed by atoms with van der Waals surface area (Å²) in [4.78, 5) is 40.7. The van der Waals surface area contributed by atoms with Gasteiger partial charge in [-0.2, -0.15) is 0 Å². The molecule has 2 aliphatic rings. The standard InChI is InChI=1S/C17H18N2O4S3/c20-14(18-7-2-1-5-12(18)16(22)23)6-8-19-15(21)13(26-17(19)24)10-11-4-3-9-25-11/h3-4,9-10,12H,1-2,5-8H2,(H,22,23). The number of nitrogens with zero attached hydrogens (tertiary/aromatic N) is 2. The number of amides is 2. The highest BCUT2D eigenvalue weighted by molar-refractivity contribution is 8.26. The van der Waals surface area contributed by atoms with Gasteiger partial charge in [0.25, 0.3) is 5.91 Å². The molecule has 0 aliphatic carbocycles. The zero-order valence-corrected chi connectivity index (χ0v) is 16.4. The molecule has 0 aromatic carbocycles. The normalized spacial score (nSPS) is 22.3. The Morgan fingerprint density at radius 2 is 2.19 bits per heavy atom. The minimum absolute atomic E-state index is 0.0719. The summed E-state index contributed by atoms with van der Waals surface area (Å²) in [6.07, 6.45) is 3.97. The highest BCUT2D eigenvalue weighted by Crippen LogP contribution is 2.33. The van der Waals surface area contributed by atoms with Crippen LogP contribution < -0.4 is 0 Å². The number of rotatable bonds is 5. The molecule has 0 spiro atoms. The van der Waals surface area contributed by atoms with Crippen molar-refractivity contribution in [2.24, 2.45) is 0 Å². The fourth-order valence-corrected chi connectivity index (χ4v) is 5.06. The van der Waals surface area contributed by atoms with Crippen LogP contribution in [0.15, 0.2) is 22.4 Å². The Hall–Kier alpha value is -1.71. The van der Waals surface area contributed by atoms with E-state index in [9.17, 15) is 19.5 Å². The molecule has 2 fully saturated rings. The Bertz CT molecular complexity index is 760. The fraction of sp³-hybridized carbons (Fsp3) is 0.412. The van der Waals surface area contributed by atoms with Gasteiger partial charge in [-0.05, 0) is 36.8 Å². The molecular formula is C17H18N2O4S3. The Morgan fingerprint density at radius 3 is 2.88 bits per heavy atom. The van der Waals surface area contributed by atoms with E-state index in [-0.39, 0.29) is 24.8 Å². The first-order valence-electron chi connectivity index (χ1n) is 8.28. The zero-order chi connectivity index (χ0) is 18.7. The minimum Gasteiger partial charge on any atom is -0.480 e. The molecule has 6 nitrogen and oxygen atoms in total. The zero-order valence-electron chi connectivity index (χ0n) is 13.9. The monoisotopic (exact) mass is 410 g/mol. The van der Waals surface area contributed by atoms with E-state index in [0.717, 1.165) is 17.7 Å². The molecule has 0 bridgehead atoms. The third kappa shape index (κ3) is 4.16. The number of aliphatic carboxylic acids is 1. The van der Waals surface area contributed by atoms with Crippen LogP contribution in [0.2, 0.25) is 0 Å². The smallest absolute Gasteiger partial charge is 0.326 e. The van der Waals surface area contributed by atoms with Gasteiger partial charge in [0.15, 0.2) is 0 Å². The van der Waals surface area contributed by atoms with Crippen molar-refractivity contribution in [3.05, 3.63) is 27.3 Å². The molecule has 3 rings (SSSR count). The molecule has 1 atom stereocenters. The van der Waals surface area contributed by atoms with Crippen LogP contribution in [-0.2, 0) is 14.4 Å². The Labute approximate surface area is 164 Å². The van der Waals surface area contributed by atoms with Crippen molar-refractivity contribution in [3.63, 3.8) is 0 Å².